The van der Waals surface area contributed by atoms with E-state index in [9.17, 15) is 0 Å². The molecule has 0 fully saturated rings. The molecule has 0 saturated carbocycles. The van der Waals surface area contributed by atoms with Gasteiger partial charge in [0, 0.05) is 11.1 Å². The van der Waals surface area contributed by atoms with Crippen LogP contribution in [0.15, 0.2) is 4.74 Å². The average Bonchev–Trinajstić information content (AvgIpc) is 1.75. The fraction of sp³-hybridized carbons (Fsp3) is 1.00. The Balaban J connectivity index is 4.94. The van der Waals surface area contributed by atoms with Crippen molar-refractivity contribution >= 4 is 8.52 Å². The summed E-state index contributed by atoms with van der Waals surface area (Å²) < 4.78 is 7.10. The van der Waals surface area contributed by atoms with E-state index in [2.05, 4.69) is 71.7 Å². The van der Waals surface area contributed by atoms with Crippen molar-refractivity contribution in [1.29, 1.82) is 0 Å². The highest BCUT2D eigenvalue weighted by Gasteiger charge is 2.31. The molecule has 0 aromatic rings. The van der Waals surface area contributed by atoms with E-state index in [0.29, 0.717) is 0 Å². The van der Waals surface area contributed by atoms with Crippen LogP contribution in [0.1, 0.15) is 62.3 Å². The molecule has 0 aromatic carbocycles. The summed E-state index contributed by atoms with van der Waals surface area (Å²) in [7, 11) is 1.07. The molecule has 0 aliphatic rings. The summed E-state index contributed by atoms with van der Waals surface area (Å²) in [5, 5.41) is 0. The van der Waals surface area contributed by atoms with Crippen LogP contribution in [0.5, 0.6) is 0 Å². The molecule has 0 atom stereocenters. The largest absolute Gasteiger partial charge is 0.247 e. The maximum atomic E-state index is 4.69. The van der Waals surface area contributed by atoms with Gasteiger partial charge in [-0.1, -0.05) is 0 Å². The van der Waals surface area contributed by atoms with Gasteiger partial charge in [-0.05, 0) is 62.3 Å². The van der Waals surface area contributed by atoms with Gasteiger partial charge < -0.3 is 0 Å². The third-order valence-electron chi connectivity index (χ3n) is 1.70. The van der Waals surface area contributed by atoms with Crippen LogP contribution in [-0.2, 0) is 0 Å². The molecule has 3 heteroatoms. The molecule has 0 spiro atoms. The Bertz CT molecular complexity index is 211. The van der Waals surface area contributed by atoms with Gasteiger partial charge in [0.05, 0.1) is 14.1 Å². The van der Waals surface area contributed by atoms with Crippen molar-refractivity contribution in [2.75, 3.05) is 0 Å². The van der Waals surface area contributed by atoms with Crippen LogP contribution in [0.4, 0.5) is 0 Å². The van der Waals surface area contributed by atoms with E-state index >= 15 is 0 Å². The molecule has 0 N–H and O–H groups in total. The first kappa shape index (κ1) is 15.1. The minimum absolute atomic E-state index is 0.0380. The second kappa shape index (κ2) is 4.51. The first-order valence-electron chi connectivity index (χ1n) is 5.57. The molecule has 2 nitrogen and oxygen atoms in total. The summed E-state index contributed by atoms with van der Waals surface area (Å²) in [4.78, 5) is 0. The highest BCUT2D eigenvalue weighted by atomic mass is 31.1. The summed E-state index contributed by atoms with van der Waals surface area (Å²) >= 11 is 0. The van der Waals surface area contributed by atoms with Crippen molar-refractivity contribution in [3.8, 4) is 0 Å². The van der Waals surface area contributed by atoms with Crippen LogP contribution in [0.3, 0.4) is 0 Å². The van der Waals surface area contributed by atoms with E-state index in [1.54, 1.807) is 0 Å². The summed E-state index contributed by atoms with van der Waals surface area (Å²) in [5.74, 6) is 0. The molecule has 0 rings (SSSR count). The van der Waals surface area contributed by atoms with Gasteiger partial charge in [-0.25, -0.2) is 9.42 Å². The van der Waals surface area contributed by atoms with E-state index in [4.69, 9.17) is 0 Å². The van der Waals surface area contributed by atoms with Gasteiger partial charge in [0.25, 0.3) is 0 Å². The maximum Gasteiger partial charge on any atom is 0.0949 e. The first-order valence-corrected chi connectivity index (χ1v) is 6.37. The van der Waals surface area contributed by atoms with Gasteiger partial charge in [0.1, 0.15) is 0 Å². The molecule has 0 saturated heterocycles. The first-order chi connectivity index (χ1) is 6.34. The molecular weight excluding hydrogens is 203 g/mol. The SMILES string of the molecule is CC(C)(C)N=PN(C(C)(C)C)C(C)(C)C. The monoisotopic (exact) mass is 230 g/mol. The zero-order valence-corrected chi connectivity index (χ0v) is 12.7. The number of hydrogen-bond acceptors (Lipinski definition) is 1. The third kappa shape index (κ3) is 6.27. The third-order valence-corrected chi connectivity index (χ3v) is 3.77. The van der Waals surface area contributed by atoms with Gasteiger partial charge >= 0.3 is 0 Å². The summed E-state index contributed by atoms with van der Waals surface area (Å²) in [6.07, 6.45) is 0. The van der Waals surface area contributed by atoms with E-state index in [1.807, 2.05) is 0 Å². The van der Waals surface area contributed by atoms with Crippen LogP contribution in [0, 0.1) is 0 Å². The maximum absolute atomic E-state index is 4.69. The van der Waals surface area contributed by atoms with E-state index in [1.165, 1.54) is 0 Å². The van der Waals surface area contributed by atoms with Crippen molar-refractivity contribution in [2.45, 2.75) is 78.9 Å². The van der Waals surface area contributed by atoms with Crippen molar-refractivity contribution in [3.63, 3.8) is 0 Å². The van der Waals surface area contributed by atoms with E-state index in [0.717, 1.165) is 8.52 Å². The molecule has 0 unspecified atom stereocenters. The molecule has 0 aliphatic carbocycles. The van der Waals surface area contributed by atoms with Gasteiger partial charge in [0.15, 0.2) is 0 Å². The highest BCUT2D eigenvalue weighted by molar-refractivity contribution is 7.24. The Morgan fingerprint density at radius 2 is 1.07 bits per heavy atom. The molecule has 15 heavy (non-hydrogen) atoms. The second-order valence-corrected chi connectivity index (χ2v) is 7.79. The van der Waals surface area contributed by atoms with Crippen LogP contribution in [0.2, 0.25) is 0 Å². The Kier molecular flexibility index (Phi) is 4.53. The molecule has 0 aliphatic heterocycles. The number of rotatable bonds is 1. The Hall–Kier alpha value is 0.0600. The number of hydrogen-bond donors (Lipinski definition) is 0. The Labute approximate surface area is 97.4 Å². The smallest absolute Gasteiger partial charge is 0.0949 e. The van der Waals surface area contributed by atoms with Gasteiger partial charge in [-0.15, -0.1) is 0 Å². The minimum atomic E-state index is 0.0380. The normalized spacial score (nSPS) is 15.3. The fourth-order valence-electron chi connectivity index (χ4n) is 1.45. The average molecular weight is 230 g/mol. The minimum Gasteiger partial charge on any atom is -0.247 e. The zero-order valence-electron chi connectivity index (χ0n) is 11.8. The molecular formula is C12H27N2P. The van der Waals surface area contributed by atoms with Crippen molar-refractivity contribution < 1.29 is 0 Å². The quantitative estimate of drug-likeness (QED) is 0.595. The van der Waals surface area contributed by atoms with Crippen LogP contribution < -0.4 is 0 Å². The summed E-state index contributed by atoms with van der Waals surface area (Å²) in [5.41, 5.74) is 0.333. The predicted octanol–water partition coefficient (Wildman–Crippen LogP) is 4.73. The Morgan fingerprint density at radius 1 is 0.733 bits per heavy atom. The standard InChI is InChI=1S/C12H27N2P/c1-10(2,3)13-15-14(11(4,5)6)12(7,8)9/h1-9H3. The lowest BCUT2D eigenvalue weighted by Gasteiger charge is -2.41. The zero-order chi connectivity index (χ0) is 12.5. The Morgan fingerprint density at radius 3 is 1.27 bits per heavy atom. The molecule has 0 bridgehead atoms. The molecule has 0 radical (unpaired) electrons. The molecule has 0 heterocycles. The topological polar surface area (TPSA) is 15.6 Å². The van der Waals surface area contributed by atoms with E-state index in [-0.39, 0.29) is 16.6 Å². The van der Waals surface area contributed by atoms with Crippen molar-refractivity contribution in [1.82, 2.24) is 4.67 Å². The van der Waals surface area contributed by atoms with Crippen LogP contribution >= 0.6 is 8.52 Å². The number of nitrogens with zero attached hydrogens (tertiary/aromatic N) is 2. The van der Waals surface area contributed by atoms with E-state index < -0.39 is 0 Å². The van der Waals surface area contributed by atoms with Crippen LogP contribution in [0.25, 0.3) is 0 Å². The molecule has 0 amide bonds. The van der Waals surface area contributed by atoms with Crippen molar-refractivity contribution in [2.24, 2.45) is 4.74 Å². The predicted molar refractivity (Wildman–Crippen MR) is 70.4 cm³/mol. The molecule has 90 valence electrons. The summed E-state index contributed by atoms with van der Waals surface area (Å²) in [6.45, 7) is 19.9. The van der Waals surface area contributed by atoms with Gasteiger partial charge in [-0.2, -0.15) is 0 Å². The fourth-order valence-corrected chi connectivity index (χ4v) is 2.35. The lowest BCUT2D eigenvalue weighted by molar-refractivity contribution is 0.153. The highest BCUT2D eigenvalue weighted by Crippen LogP contribution is 2.34. The van der Waals surface area contributed by atoms with Gasteiger partial charge in [0.2, 0.25) is 0 Å². The summed E-state index contributed by atoms with van der Waals surface area (Å²) in [6, 6.07) is 0. The molecule has 0 aromatic heterocycles. The second-order valence-electron chi connectivity index (χ2n) is 7.01. The van der Waals surface area contributed by atoms with Gasteiger partial charge in [-0.3, -0.25) is 0 Å². The van der Waals surface area contributed by atoms with Crippen molar-refractivity contribution in [3.05, 3.63) is 0 Å². The lowest BCUT2D eigenvalue weighted by atomic mass is 10.0. The lowest BCUT2D eigenvalue weighted by Crippen LogP contribution is -2.46. The van der Waals surface area contributed by atoms with Crippen LogP contribution in [-0.4, -0.2) is 21.3 Å².